The summed E-state index contributed by atoms with van der Waals surface area (Å²) in [6, 6.07) is 23.2. The number of thiocarbonyl (C=S) groups is 1. The fourth-order valence-corrected chi connectivity index (χ4v) is 4.59. The molecule has 0 spiro atoms. The van der Waals surface area contributed by atoms with E-state index < -0.39 is 11.8 Å². The predicted octanol–water partition coefficient (Wildman–Crippen LogP) is 4.84. The number of anilines is 1. The Balaban J connectivity index is 1.55. The Labute approximate surface area is 208 Å². The van der Waals surface area contributed by atoms with Crippen LogP contribution in [0.25, 0.3) is 17.0 Å². The molecule has 7 heteroatoms. The van der Waals surface area contributed by atoms with Gasteiger partial charge in [0.1, 0.15) is 11.3 Å². The molecular formula is C28H23N3O3S. The highest BCUT2D eigenvalue weighted by Gasteiger charge is 2.34. The van der Waals surface area contributed by atoms with Gasteiger partial charge in [0.25, 0.3) is 11.8 Å². The highest BCUT2D eigenvalue weighted by atomic mass is 32.1. The number of amides is 2. The number of para-hydroxylation sites is 1. The second-order valence-electron chi connectivity index (χ2n) is 8.37. The number of nitrogens with one attached hydrogen (secondary N) is 1. The molecule has 1 aromatic heterocycles. The summed E-state index contributed by atoms with van der Waals surface area (Å²) >= 11 is 5.32. The van der Waals surface area contributed by atoms with Crippen LogP contribution in [0, 0.1) is 6.92 Å². The normalized spacial score (nSPS) is 15.1. The van der Waals surface area contributed by atoms with Crippen molar-refractivity contribution in [3.8, 4) is 5.75 Å². The maximum absolute atomic E-state index is 13.4. The molecule has 0 saturated carbocycles. The van der Waals surface area contributed by atoms with Gasteiger partial charge in [0.2, 0.25) is 0 Å². The second kappa shape index (κ2) is 9.19. The van der Waals surface area contributed by atoms with Crippen LogP contribution in [0.4, 0.5) is 5.69 Å². The monoisotopic (exact) mass is 481 g/mol. The third-order valence-corrected chi connectivity index (χ3v) is 6.27. The molecule has 0 unspecified atom stereocenters. The van der Waals surface area contributed by atoms with Crippen molar-refractivity contribution in [2.75, 3.05) is 12.0 Å². The standard InChI is InChI=1S/C28H23N3O3S/c1-18-6-5-7-19(14-18)16-30-17-20(23-8-3-4-9-25(23)30)15-24-26(32)29-28(35)31(27(24)33)21-10-12-22(34-2)13-11-21/h3-15,17H,16H2,1-2H3,(H,29,32,35). The number of carbonyl (C=O) groups excluding carboxylic acids is 2. The summed E-state index contributed by atoms with van der Waals surface area (Å²) in [7, 11) is 1.57. The second-order valence-corrected chi connectivity index (χ2v) is 8.76. The van der Waals surface area contributed by atoms with Gasteiger partial charge in [-0.3, -0.25) is 19.8 Å². The van der Waals surface area contributed by atoms with Gasteiger partial charge in [-0.2, -0.15) is 0 Å². The van der Waals surface area contributed by atoms with Crippen LogP contribution in [0.15, 0.2) is 84.6 Å². The van der Waals surface area contributed by atoms with E-state index in [1.807, 2.05) is 36.5 Å². The van der Waals surface area contributed by atoms with Gasteiger partial charge in [0.05, 0.1) is 12.8 Å². The smallest absolute Gasteiger partial charge is 0.270 e. The third-order valence-electron chi connectivity index (χ3n) is 5.99. The highest BCUT2D eigenvalue weighted by molar-refractivity contribution is 7.80. The van der Waals surface area contributed by atoms with E-state index in [4.69, 9.17) is 17.0 Å². The molecule has 2 heterocycles. The van der Waals surface area contributed by atoms with Crippen molar-refractivity contribution in [3.05, 3.63) is 101 Å². The van der Waals surface area contributed by atoms with Crippen LogP contribution in [0.3, 0.4) is 0 Å². The van der Waals surface area contributed by atoms with Gasteiger partial charge >= 0.3 is 0 Å². The van der Waals surface area contributed by atoms with Crippen molar-refractivity contribution in [3.63, 3.8) is 0 Å². The molecule has 2 amide bonds. The van der Waals surface area contributed by atoms with Gasteiger partial charge in [-0.25, -0.2) is 0 Å². The van der Waals surface area contributed by atoms with Gasteiger partial charge in [-0.15, -0.1) is 0 Å². The van der Waals surface area contributed by atoms with Crippen molar-refractivity contribution in [1.29, 1.82) is 0 Å². The fraction of sp³-hybridized carbons (Fsp3) is 0.107. The van der Waals surface area contributed by atoms with Crippen LogP contribution in [0.5, 0.6) is 5.75 Å². The first-order chi connectivity index (χ1) is 16.9. The van der Waals surface area contributed by atoms with E-state index in [0.29, 0.717) is 18.0 Å². The van der Waals surface area contributed by atoms with E-state index in [2.05, 4.69) is 35.0 Å². The lowest BCUT2D eigenvalue weighted by Gasteiger charge is -2.29. The fourth-order valence-electron chi connectivity index (χ4n) is 4.31. The Hall–Kier alpha value is -4.23. The van der Waals surface area contributed by atoms with Gasteiger partial charge in [0, 0.05) is 29.2 Å². The molecule has 0 bridgehead atoms. The summed E-state index contributed by atoms with van der Waals surface area (Å²) in [5.74, 6) is -0.329. The summed E-state index contributed by atoms with van der Waals surface area (Å²) in [6.45, 7) is 2.74. The number of hydrogen-bond acceptors (Lipinski definition) is 4. The van der Waals surface area contributed by atoms with E-state index in [0.717, 1.165) is 16.5 Å². The SMILES string of the molecule is COc1ccc(N2C(=O)C(=Cc3cn(Cc4cccc(C)c4)c4ccccc34)C(=O)NC2=S)cc1. The summed E-state index contributed by atoms with van der Waals surface area (Å²) in [5.41, 5.74) is 4.75. The third kappa shape index (κ3) is 4.34. The number of benzene rings is 3. The largest absolute Gasteiger partial charge is 0.497 e. The van der Waals surface area contributed by atoms with Crippen LogP contribution in [0.2, 0.25) is 0 Å². The van der Waals surface area contributed by atoms with Crippen LogP contribution < -0.4 is 15.0 Å². The molecule has 174 valence electrons. The topological polar surface area (TPSA) is 63.6 Å². The first-order valence-electron chi connectivity index (χ1n) is 11.1. The quantitative estimate of drug-likeness (QED) is 0.252. The van der Waals surface area contributed by atoms with Crippen LogP contribution >= 0.6 is 12.2 Å². The molecule has 35 heavy (non-hydrogen) atoms. The van der Waals surface area contributed by atoms with Crippen molar-refractivity contribution in [1.82, 2.24) is 9.88 Å². The molecule has 1 N–H and O–H groups in total. The number of aromatic nitrogens is 1. The van der Waals surface area contributed by atoms with Crippen molar-refractivity contribution in [2.24, 2.45) is 0 Å². The lowest BCUT2D eigenvalue weighted by atomic mass is 10.1. The molecule has 1 fully saturated rings. The van der Waals surface area contributed by atoms with Crippen molar-refractivity contribution >= 4 is 51.8 Å². The summed E-state index contributed by atoms with van der Waals surface area (Å²) < 4.78 is 7.33. The Kier molecular flexibility index (Phi) is 5.93. The summed E-state index contributed by atoms with van der Waals surface area (Å²) in [5, 5.41) is 3.65. The Morgan fingerprint density at radius 1 is 1.00 bits per heavy atom. The molecule has 5 rings (SSSR count). The molecule has 6 nitrogen and oxygen atoms in total. The highest BCUT2D eigenvalue weighted by Crippen LogP contribution is 2.28. The van der Waals surface area contributed by atoms with E-state index in [9.17, 15) is 9.59 Å². The minimum absolute atomic E-state index is 0.0212. The van der Waals surface area contributed by atoms with E-state index in [1.165, 1.54) is 16.0 Å². The number of ether oxygens (including phenoxy) is 1. The Morgan fingerprint density at radius 3 is 2.51 bits per heavy atom. The number of methoxy groups -OCH3 is 1. The predicted molar refractivity (Wildman–Crippen MR) is 141 cm³/mol. The minimum atomic E-state index is -0.514. The molecule has 0 radical (unpaired) electrons. The van der Waals surface area contributed by atoms with E-state index >= 15 is 0 Å². The van der Waals surface area contributed by atoms with Gasteiger partial charge in [-0.05, 0) is 61.1 Å². The average molecular weight is 482 g/mol. The number of hydrogen-bond donors (Lipinski definition) is 1. The van der Waals surface area contributed by atoms with Crippen molar-refractivity contribution in [2.45, 2.75) is 13.5 Å². The lowest BCUT2D eigenvalue weighted by molar-refractivity contribution is -0.122. The minimum Gasteiger partial charge on any atom is -0.497 e. The number of aryl methyl sites for hydroxylation is 1. The van der Waals surface area contributed by atoms with Gasteiger partial charge in [-0.1, -0.05) is 48.0 Å². The summed E-state index contributed by atoms with van der Waals surface area (Å²) in [4.78, 5) is 27.6. The van der Waals surface area contributed by atoms with E-state index in [-0.39, 0.29) is 10.7 Å². The maximum atomic E-state index is 13.4. The Bertz CT molecular complexity index is 1500. The first-order valence-corrected chi connectivity index (χ1v) is 11.5. The number of fused-ring (bicyclic) bond motifs is 1. The molecule has 4 aromatic rings. The molecule has 1 aliphatic heterocycles. The van der Waals surface area contributed by atoms with Gasteiger partial charge in [0.15, 0.2) is 5.11 Å². The molecule has 0 aliphatic carbocycles. The molecule has 0 atom stereocenters. The van der Waals surface area contributed by atoms with Crippen LogP contribution in [-0.2, 0) is 16.1 Å². The zero-order valence-electron chi connectivity index (χ0n) is 19.3. The van der Waals surface area contributed by atoms with Crippen LogP contribution in [0.1, 0.15) is 16.7 Å². The average Bonchev–Trinajstić information content (AvgIpc) is 3.19. The lowest BCUT2D eigenvalue weighted by Crippen LogP contribution is -2.54. The molecule has 1 saturated heterocycles. The molecule has 1 aliphatic rings. The van der Waals surface area contributed by atoms with Crippen molar-refractivity contribution < 1.29 is 14.3 Å². The zero-order chi connectivity index (χ0) is 24.5. The maximum Gasteiger partial charge on any atom is 0.270 e. The number of carbonyl (C=O) groups is 2. The van der Waals surface area contributed by atoms with E-state index in [1.54, 1.807) is 37.5 Å². The number of nitrogens with zero attached hydrogens (tertiary/aromatic N) is 2. The first kappa shape index (κ1) is 22.6. The number of rotatable bonds is 5. The molecule has 3 aromatic carbocycles. The van der Waals surface area contributed by atoms with Crippen LogP contribution in [-0.4, -0.2) is 28.6 Å². The van der Waals surface area contributed by atoms with Gasteiger partial charge < -0.3 is 9.30 Å². The zero-order valence-corrected chi connectivity index (χ0v) is 20.1. The summed E-state index contributed by atoms with van der Waals surface area (Å²) in [6.07, 6.45) is 3.62. The molecular weight excluding hydrogens is 458 g/mol. The Morgan fingerprint density at radius 2 is 1.77 bits per heavy atom.